The first-order valence-corrected chi connectivity index (χ1v) is 6.00. The van der Waals surface area contributed by atoms with E-state index in [0.29, 0.717) is 0 Å². The molecule has 1 heterocycles. The molecule has 0 aromatic heterocycles. The summed E-state index contributed by atoms with van der Waals surface area (Å²) in [5, 5.41) is 10.7. The van der Waals surface area contributed by atoms with Gasteiger partial charge in [0.2, 0.25) is 0 Å². The lowest BCUT2D eigenvalue weighted by Crippen LogP contribution is -2.41. The van der Waals surface area contributed by atoms with Gasteiger partial charge in [0.25, 0.3) is 0 Å². The Morgan fingerprint density at radius 2 is 1.81 bits per heavy atom. The van der Waals surface area contributed by atoms with Crippen LogP contribution in [0.25, 0.3) is 0 Å². The molecule has 88 valence electrons. The summed E-state index contributed by atoms with van der Waals surface area (Å²) in [6, 6.07) is 6.35. The number of likely N-dealkylation sites (tertiary alicyclic amines) is 1. The van der Waals surface area contributed by atoms with Gasteiger partial charge in [0.15, 0.2) is 0 Å². The van der Waals surface area contributed by atoms with E-state index in [1.165, 1.54) is 11.1 Å². The van der Waals surface area contributed by atoms with E-state index < -0.39 is 5.60 Å². The maximum atomic E-state index is 10.7. The second kappa shape index (κ2) is 4.19. The summed E-state index contributed by atoms with van der Waals surface area (Å²) < 4.78 is 0. The smallest absolute Gasteiger partial charge is 0.0923 e. The summed E-state index contributed by atoms with van der Waals surface area (Å²) in [6.07, 6.45) is 1.68. The first-order chi connectivity index (χ1) is 7.51. The fourth-order valence-electron chi connectivity index (χ4n) is 2.59. The zero-order valence-corrected chi connectivity index (χ0v) is 10.5. The van der Waals surface area contributed by atoms with Crippen LogP contribution in [-0.2, 0) is 5.60 Å². The van der Waals surface area contributed by atoms with Crippen LogP contribution in [0.3, 0.4) is 0 Å². The Labute approximate surface area is 97.9 Å². The average Bonchev–Trinajstić information content (AvgIpc) is 2.22. The maximum absolute atomic E-state index is 10.7. The molecule has 2 nitrogen and oxygen atoms in total. The van der Waals surface area contributed by atoms with Gasteiger partial charge in [0.1, 0.15) is 0 Å². The Morgan fingerprint density at radius 1 is 1.19 bits per heavy atom. The van der Waals surface area contributed by atoms with E-state index in [1.54, 1.807) is 0 Å². The third-order valence-corrected chi connectivity index (χ3v) is 3.70. The number of nitrogens with zero attached hydrogens (tertiary/aromatic N) is 1. The lowest BCUT2D eigenvalue weighted by molar-refractivity contribution is -0.0207. The van der Waals surface area contributed by atoms with Crippen molar-refractivity contribution in [2.24, 2.45) is 0 Å². The van der Waals surface area contributed by atoms with Crippen molar-refractivity contribution in [1.82, 2.24) is 4.90 Å². The molecule has 1 saturated heterocycles. The van der Waals surface area contributed by atoms with E-state index in [-0.39, 0.29) is 0 Å². The molecule has 1 aromatic rings. The van der Waals surface area contributed by atoms with E-state index in [9.17, 15) is 5.11 Å². The van der Waals surface area contributed by atoms with Crippen LogP contribution in [0, 0.1) is 13.8 Å². The van der Waals surface area contributed by atoms with Gasteiger partial charge in [0.05, 0.1) is 5.60 Å². The normalized spacial score (nSPS) is 21.0. The molecule has 1 aliphatic rings. The number of hydrogen-bond donors (Lipinski definition) is 1. The van der Waals surface area contributed by atoms with Crippen LogP contribution in [0.5, 0.6) is 0 Å². The quantitative estimate of drug-likeness (QED) is 0.783. The number of rotatable bonds is 1. The van der Waals surface area contributed by atoms with Gasteiger partial charge in [-0.2, -0.15) is 0 Å². The van der Waals surface area contributed by atoms with E-state index in [2.05, 4.69) is 44.0 Å². The molecule has 0 unspecified atom stereocenters. The Bertz CT molecular complexity index is 378. The third-order valence-electron chi connectivity index (χ3n) is 3.70. The fourth-order valence-corrected chi connectivity index (χ4v) is 2.59. The highest BCUT2D eigenvalue weighted by Gasteiger charge is 2.33. The number of benzene rings is 1. The van der Waals surface area contributed by atoms with E-state index >= 15 is 0 Å². The molecule has 0 amide bonds. The number of aryl methyl sites for hydroxylation is 2. The predicted molar refractivity (Wildman–Crippen MR) is 66.5 cm³/mol. The van der Waals surface area contributed by atoms with Crippen LogP contribution in [0.1, 0.15) is 29.5 Å². The molecular formula is C14H21NO. The van der Waals surface area contributed by atoms with Crippen LogP contribution in [-0.4, -0.2) is 30.1 Å². The van der Waals surface area contributed by atoms with Crippen molar-refractivity contribution in [3.8, 4) is 0 Å². The minimum Gasteiger partial charge on any atom is -0.385 e. The SMILES string of the molecule is Cc1ccc(C2(O)CCN(C)CC2)c(C)c1. The van der Waals surface area contributed by atoms with Crippen LogP contribution in [0.4, 0.5) is 0 Å². The lowest BCUT2D eigenvalue weighted by atomic mass is 9.82. The summed E-state index contributed by atoms with van der Waals surface area (Å²) in [5.74, 6) is 0. The first-order valence-electron chi connectivity index (χ1n) is 6.00. The summed E-state index contributed by atoms with van der Waals surface area (Å²) in [5.41, 5.74) is 2.99. The number of piperidine rings is 1. The van der Waals surface area contributed by atoms with Crippen molar-refractivity contribution in [3.05, 3.63) is 34.9 Å². The maximum Gasteiger partial charge on any atom is 0.0923 e. The van der Waals surface area contributed by atoms with Crippen molar-refractivity contribution in [1.29, 1.82) is 0 Å². The molecule has 0 saturated carbocycles. The zero-order valence-electron chi connectivity index (χ0n) is 10.5. The Hall–Kier alpha value is -0.860. The zero-order chi connectivity index (χ0) is 11.8. The molecule has 1 N–H and O–H groups in total. The highest BCUT2D eigenvalue weighted by molar-refractivity contribution is 5.35. The standard InChI is InChI=1S/C14H21NO/c1-11-4-5-13(12(2)10-11)14(16)6-8-15(3)9-7-14/h4-5,10,16H,6-9H2,1-3H3. The molecule has 1 fully saturated rings. The summed E-state index contributed by atoms with van der Waals surface area (Å²) >= 11 is 0. The Kier molecular flexibility index (Phi) is 3.04. The van der Waals surface area contributed by atoms with E-state index in [1.807, 2.05) is 0 Å². The van der Waals surface area contributed by atoms with Crippen LogP contribution in [0.15, 0.2) is 18.2 Å². The van der Waals surface area contributed by atoms with Gasteiger partial charge in [-0.05, 0) is 44.9 Å². The minimum absolute atomic E-state index is 0.607. The van der Waals surface area contributed by atoms with E-state index in [4.69, 9.17) is 0 Å². The Morgan fingerprint density at radius 3 is 2.38 bits per heavy atom. The van der Waals surface area contributed by atoms with Crippen LogP contribution >= 0.6 is 0 Å². The van der Waals surface area contributed by atoms with Crippen molar-refractivity contribution < 1.29 is 5.11 Å². The van der Waals surface area contributed by atoms with Gasteiger partial charge >= 0.3 is 0 Å². The number of hydrogen-bond acceptors (Lipinski definition) is 2. The number of aliphatic hydroxyl groups is 1. The molecule has 1 aliphatic heterocycles. The molecular weight excluding hydrogens is 198 g/mol. The van der Waals surface area contributed by atoms with Crippen molar-refractivity contribution in [2.45, 2.75) is 32.3 Å². The van der Waals surface area contributed by atoms with Gasteiger partial charge in [-0.25, -0.2) is 0 Å². The molecule has 16 heavy (non-hydrogen) atoms. The van der Waals surface area contributed by atoms with Gasteiger partial charge < -0.3 is 10.0 Å². The largest absolute Gasteiger partial charge is 0.385 e. The molecule has 2 rings (SSSR count). The second-order valence-electron chi connectivity index (χ2n) is 5.15. The first kappa shape index (κ1) is 11.6. The van der Waals surface area contributed by atoms with Crippen LogP contribution in [0.2, 0.25) is 0 Å². The summed E-state index contributed by atoms with van der Waals surface area (Å²) in [7, 11) is 2.11. The summed E-state index contributed by atoms with van der Waals surface area (Å²) in [4.78, 5) is 2.28. The highest BCUT2D eigenvalue weighted by atomic mass is 16.3. The molecule has 0 radical (unpaired) electrons. The minimum atomic E-state index is -0.607. The van der Waals surface area contributed by atoms with Crippen LogP contribution < -0.4 is 0 Å². The van der Waals surface area contributed by atoms with Crippen molar-refractivity contribution in [3.63, 3.8) is 0 Å². The van der Waals surface area contributed by atoms with Crippen molar-refractivity contribution >= 4 is 0 Å². The van der Waals surface area contributed by atoms with Gasteiger partial charge in [-0.15, -0.1) is 0 Å². The molecule has 0 spiro atoms. The second-order valence-corrected chi connectivity index (χ2v) is 5.15. The third kappa shape index (κ3) is 2.13. The average molecular weight is 219 g/mol. The molecule has 0 atom stereocenters. The topological polar surface area (TPSA) is 23.5 Å². The van der Waals surface area contributed by atoms with Gasteiger partial charge in [-0.3, -0.25) is 0 Å². The fraction of sp³-hybridized carbons (Fsp3) is 0.571. The monoisotopic (exact) mass is 219 g/mol. The molecule has 1 aromatic carbocycles. The van der Waals surface area contributed by atoms with Gasteiger partial charge in [0, 0.05) is 13.1 Å². The molecule has 0 aliphatic carbocycles. The summed E-state index contributed by atoms with van der Waals surface area (Å²) in [6.45, 7) is 6.14. The Balaban J connectivity index is 2.29. The predicted octanol–water partition coefficient (Wildman–Crippen LogP) is 2.22. The lowest BCUT2D eigenvalue weighted by Gasteiger charge is -2.37. The van der Waals surface area contributed by atoms with Crippen molar-refractivity contribution in [2.75, 3.05) is 20.1 Å². The molecule has 0 bridgehead atoms. The molecule has 2 heteroatoms. The highest BCUT2D eigenvalue weighted by Crippen LogP contribution is 2.34. The van der Waals surface area contributed by atoms with Gasteiger partial charge in [-0.1, -0.05) is 23.8 Å². The van der Waals surface area contributed by atoms with E-state index in [0.717, 1.165) is 31.5 Å².